The van der Waals surface area contributed by atoms with Crippen molar-refractivity contribution in [3.8, 4) is 22.3 Å². The van der Waals surface area contributed by atoms with Crippen LogP contribution in [0.3, 0.4) is 0 Å². The number of benzene rings is 11. The van der Waals surface area contributed by atoms with Gasteiger partial charge >= 0.3 is 0 Å². The van der Waals surface area contributed by atoms with Crippen LogP contribution in [0.5, 0.6) is 0 Å². The highest BCUT2D eigenvalue weighted by molar-refractivity contribution is 5.86. The molecule has 0 saturated heterocycles. The summed E-state index contributed by atoms with van der Waals surface area (Å²) < 4.78 is 0. The average Bonchev–Trinajstić information content (AvgIpc) is 1.96. The van der Waals surface area contributed by atoms with Gasteiger partial charge in [-0.05, 0) is 214 Å². The molecule has 4 aliphatic rings. The van der Waals surface area contributed by atoms with E-state index in [1.165, 1.54) is 147 Å². The van der Waals surface area contributed by atoms with Crippen LogP contribution in [0.2, 0.25) is 0 Å². The largest absolute Gasteiger partial charge is 0.311 e. The van der Waals surface area contributed by atoms with E-state index in [1.807, 2.05) is 0 Å². The first-order chi connectivity index (χ1) is 42.3. The first-order valence-electron chi connectivity index (χ1n) is 31.8. The fraction of sp³-hybridized carbons (Fsp3) is 0.205. The highest BCUT2D eigenvalue weighted by atomic mass is 15.2. The molecule has 2 fully saturated rings. The normalized spacial score (nSPS) is 16.0. The number of anilines is 9. The molecule has 0 aliphatic heterocycles. The summed E-state index contributed by atoms with van der Waals surface area (Å²) in [5.74, 6) is 0. The monoisotopic (exact) mass is 1110 g/mol. The van der Waals surface area contributed by atoms with E-state index in [4.69, 9.17) is 0 Å². The van der Waals surface area contributed by atoms with Crippen molar-refractivity contribution in [2.75, 3.05) is 14.7 Å². The molecule has 4 aliphatic carbocycles. The molecule has 11 aromatic carbocycles. The molecule has 0 radical (unpaired) electrons. The van der Waals surface area contributed by atoms with Gasteiger partial charge in [-0.25, -0.2) is 0 Å². The van der Waals surface area contributed by atoms with Gasteiger partial charge in [-0.3, -0.25) is 0 Å². The molecular weight excluding hydrogens is 1040 g/mol. The van der Waals surface area contributed by atoms with E-state index >= 15 is 0 Å². The van der Waals surface area contributed by atoms with Gasteiger partial charge < -0.3 is 14.7 Å². The first-order valence-corrected chi connectivity index (χ1v) is 31.8. The van der Waals surface area contributed by atoms with Crippen molar-refractivity contribution in [3.05, 3.63) is 317 Å². The molecule has 3 nitrogen and oxygen atoms in total. The molecule has 3 heteroatoms. The summed E-state index contributed by atoms with van der Waals surface area (Å²) in [6.45, 7) is 4.79. The van der Waals surface area contributed by atoms with Crippen molar-refractivity contribution in [2.24, 2.45) is 0 Å². The molecule has 0 spiro atoms. The Morgan fingerprint density at radius 2 is 0.616 bits per heavy atom. The number of hydrogen-bond acceptors (Lipinski definition) is 3. The van der Waals surface area contributed by atoms with E-state index in [2.05, 4.69) is 302 Å². The topological polar surface area (TPSA) is 9.72 Å². The predicted molar refractivity (Wildman–Crippen MR) is 362 cm³/mol. The van der Waals surface area contributed by atoms with Crippen molar-refractivity contribution in [3.63, 3.8) is 0 Å². The average molecular weight is 1110 g/mol. The SMILES string of the molecule is CC1(C)c2ccccc2-c2ccc(N(c3ccc(C4(c5ccc(N(c6ccccc6)c6ccccc6)cc5)CCCCC4)cc3)c3ccc(C4(c5ccc(N(c6ccccc6)c6cccc(-c7ccc8c(c7)CC8)c6)cc5)CCCCC4)cc3)cc21. The van der Waals surface area contributed by atoms with E-state index in [0.717, 1.165) is 48.4 Å². The molecule has 0 N–H and O–H groups in total. The van der Waals surface area contributed by atoms with E-state index in [0.29, 0.717) is 0 Å². The first kappa shape index (κ1) is 53.5. The van der Waals surface area contributed by atoms with Crippen LogP contribution in [-0.2, 0) is 29.1 Å². The second kappa shape index (κ2) is 22.3. The van der Waals surface area contributed by atoms with E-state index in [9.17, 15) is 0 Å². The molecule has 0 bridgehead atoms. The quantitative estimate of drug-likeness (QED) is 0.107. The van der Waals surface area contributed by atoms with Crippen LogP contribution in [0.4, 0.5) is 51.2 Å². The predicted octanol–water partition coefficient (Wildman–Crippen LogP) is 22.7. The van der Waals surface area contributed by atoms with Crippen LogP contribution >= 0.6 is 0 Å². The molecule has 0 atom stereocenters. The minimum absolute atomic E-state index is 0.0737. The summed E-state index contributed by atoms with van der Waals surface area (Å²) in [4.78, 5) is 7.32. The van der Waals surface area contributed by atoms with Gasteiger partial charge in [-0.1, -0.05) is 216 Å². The Morgan fingerprint density at radius 1 is 0.256 bits per heavy atom. The Labute approximate surface area is 509 Å². The summed E-state index contributed by atoms with van der Waals surface area (Å²) >= 11 is 0. The summed E-state index contributed by atoms with van der Waals surface area (Å²) in [7, 11) is 0. The molecule has 11 aromatic rings. The number of hydrogen-bond donors (Lipinski definition) is 0. The molecule has 0 unspecified atom stereocenters. The van der Waals surface area contributed by atoms with Crippen molar-refractivity contribution in [2.45, 2.75) is 107 Å². The van der Waals surface area contributed by atoms with Gasteiger partial charge in [0.05, 0.1) is 0 Å². The lowest BCUT2D eigenvalue weighted by Crippen LogP contribution is -2.30. The van der Waals surface area contributed by atoms with Crippen molar-refractivity contribution in [1.29, 1.82) is 0 Å². The van der Waals surface area contributed by atoms with Gasteiger partial charge in [0.15, 0.2) is 0 Å². The fourth-order valence-corrected chi connectivity index (χ4v) is 15.6. The zero-order valence-corrected chi connectivity index (χ0v) is 49.8. The maximum Gasteiger partial charge on any atom is 0.0467 e. The van der Waals surface area contributed by atoms with Gasteiger partial charge in [0, 0.05) is 67.4 Å². The molecule has 86 heavy (non-hydrogen) atoms. The second-order valence-corrected chi connectivity index (χ2v) is 25.4. The van der Waals surface area contributed by atoms with Crippen LogP contribution in [0.25, 0.3) is 22.3 Å². The van der Waals surface area contributed by atoms with Gasteiger partial charge in [0.2, 0.25) is 0 Å². The highest BCUT2D eigenvalue weighted by Crippen LogP contribution is 2.53. The maximum absolute atomic E-state index is 2.52. The second-order valence-electron chi connectivity index (χ2n) is 25.4. The number of nitrogens with zero attached hydrogens (tertiary/aromatic N) is 3. The number of aryl methyl sites for hydroxylation is 2. The third-order valence-corrected chi connectivity index (χ3v) is 20.3. The van der Waals surface area contributed by atoms with E-state index in [1.54, 1.807) is 0 Å². The Kier molecular flexibility index (Phi) is 13.9. The number of para-hydroxylation sites is 3. The molecule has 0 aromatic heterocycles. The van der Waals surface area contributed by atoms with Gasteiger partial charge in [-0.15, -0.1) is 0 Å². The standard InChI is InChI=1S/C83H75N3/c1-81(2)79-30-15-14-29-77(79)78-52-51-76(59-80(78)81)86(73-47-39-66(40-48-73)82(53-16-6-17-54-82)64-35-43-71(44-36-64)84(68-22-8-3-9-23-68)69-24-10-4-11-25-69)74-49-41-67(42-50-74)83(55-18-7-19-56-83)65-37-45-72(46-38-65)85(70-26-12-5-13-27-70)75-28-20-21-61(58-75)63-34-32-60-31-33-62(60)57-63/h3-5,8-15,20-30,32,34-52,57-59H,6-7,16-19,31,33,53-56H2,1-2H3. The van der Waals surface area contributed by atoms with Crippen molar-refractivity contribution < 1.29 is 0 Å². The van der Waals surface area contributed by atoms with Crippen LogP contribution in [0.15, 0.2) is 273 Å². The molecule has 2 saturated carbocycles. The lowest BCUT2D eigenvalue weighted by Gasteiger charge is -2.40. The lowest BCUT2D eigenvalue weighted by atomic mass is 9.65. The van der Waals surface area contributed by atoms with Gasteiger partial charge in [-0.2, -0.15) is 0 Å². The lowest BCUT2D eigenvalue weighted by molar-refractivity contribution is 0.346. The summed E-state index contributed by atoms with van der Waals surface area (Å²) in [6, 6.07) is 103. The minimum Gasteiger partial charge on any atom is -0.311 e. The zero-order valence-electron chi connectivity index (χ0n) is 49.8. The molecule has 0 heterocycles. The summed E-state index contributed by atoms with van der Waals surface area (Å²) in [5.41, 5.74) is 26.8. The highest BCUT2D eigenvalue weighted by Gasteiger charge is 2.39. The van der Waals surface area contributed by atoms with E-state index in [-0.39, 0.29) is 16.2 Å². The van der Waals surface area contributed by atoms with Gasteiger partial charge in [0.1, 0.15) is 0 Å². The smallest absolute Gasteiger partial charge is 0.0467 e. The van der Waals surface area contributed by atoms with Crippen LogP contribution in [0.1, 0.15) is 123 Å². The Balaban J connectivity index is 0.780. The number of fused-ring (bicyclic) bond motifs is 4. The van der Waals surface area contributed by atoms with Gasteiger partial charge in [0.25, 0.3) is 0 Å². The minimum atomic E-state index is -0.128. The summed E-state index contributed by atoms with van der Waals surface area (Å²) in [5, 5.41) is 0. The third kappa shape index (κ3) is 9.53. The van der Waals surface area contributed by atoms with E-state index < -0.39 is 0 Å². The van der Waals surface area contributed by atoms with Crippen LogP contribution < -0.4 is 14.7 Å². The fourth-order valence-electron chi connectivity index (χ4n) is 15.6. The van der Waals surface area contributed by atoms with Crippen LogP contribution in [-0.4, -0.2) is 0 Å². The van der Waals surface area contributed by atoms with Crippen molar-refractivity contribution >= 4 is 51.2 Å². The molecule has 15 rings (SSSR count). The molecule has 0 amide bonds. The third-order valence-electron chi connectivity index (χ3n) is 20.3. The molecule has 422 valence electrons. The zero-order chi connectivity index (χ0) is 57.7. The number of rotatable bonds is 14. The van der Waals surface area contributed by atoms with Crippen LogP contribution in [0, 0.1) is 0 Å². The van der Waals surface area contributed by atoms with Crippen molar-refractivity contribution in [1.82, 2.24) is 0 Å². The Bertz CT molecular complexity index is 4130. The molecular formula is C83H75N3. The Morgan fingerprint density at radius 3 is 1.06 bits per heavy atom. The maximum atomic E-state index is 2.52. The summed E-state index contributed by atoms with van der Waals surface area (Å²) in [6.07, 6.45) is 14.3. The Hall–Kier alpha value is -9.18.